The lowest BCUT2D eigenvalue weighted by atomic mass is 10.0. The molecule has 0 unspecified atom stereocenters. The summed E-state index contributed by atoms with van der Waals surface area (Å²) in [5.74, 6) is 1.19. The monoisotopic (exact) mass is 531 g/mol. The van der Waals surface area contributed by atoms with Crippen LogP contribution in [0.4, 0.5) is 16.4 Å². The first kappa shape index (κ1) is 26.7. The number of amides is 2. The van der Waals surface area contributed by atoms with E-state index in [2.05, 4.69) is 35.2 Å². The fourth-order valence-electron chi connectivity index (χ4n) is 5.16. The average molecular weight is 532 g/mol. The molecule has 10 heteroatoms. The highest BCUT2D eigenvalue weighted by Crippen LogP contribution is 2.27. The minimum absolute atomic E-state index is 0.0727. The first-order valence-electron chi connectivity index (χ1n) is 13.8. The minimum atomic E-state index is -0.281. The van der Waals surface area contributed by atoms with Gasteiger partial charge in [0.15, 0.2) is 5.65 Å². The van der Waals surface area contributed by atoms with Crippen LogP contribution < -0.4 is 5.32 Å². The van der Waals surface area contributed by atoms with Crippen LogP contribution in [-0.4, -0.2) is 93.7 Å². The second-order valence-electron chi connectivity index (χ2n) is 10.4. The van der Waals surface area contributed by atoms with Gasteiger partial charge in [0.2, 0.25) is 5.95 Å². The average Bonchev–Trinajstić information content (AvgIpc) is 3.36. The van der Waals surface area contributed by atoms with E-state index in [1.54, 1.807) is 9.42 Å². The van der Waals surface area contributed by atoms with Crippen molar-refractivity contribution in [3.8, 4) is 0 Å². The molecule has 0 spiro atoms. The van der Waals surface area contributed by atoms with E-state index in [1.165, 1.54) is 0 Å². The molecule has 0 saturated carbocycles. The van der Waals surface area contributed by atoms with E-state index in [0.717, 1.165) is 61.6 Å². The van der Waals surface area contributed by atoms with Gasteiger partial charge in [-0.25, -0.2) is 9.31 Å². The molecule has 0 atom stereocenters. The molecule has 1 saturated heterocycles. The van der Waals surface area contributed by atoms with Crippen molar-refractivity contribution in [3.63, 3.8) is 0 Å². The summed E-state index contributed by atoms with van der Waals surface area (Å²) in [6.07, 6.45) is 4.36. The quantitative estimate of drug-likeness (QED) is 0.490. The van der Waals surface area contributed by atoms with Crippen LogP contribution in [-0.2, 0) is 4.74 Å². The number of hydrogen-bond donors (Lipinski definition) is 1. The molecule has 0 aliphatic carbocycles. The Morgan fingerprint density at radius 2 is 1.79 bits per heavy atom. The Bertz CT molecular complexity index is 1340. The Kier molecular flexibility index (Phi) is 8.11. The summed E-state index contributed by atoms with van der Waals surface area (Å²) in [7, 11) is 0. The van der Waals surface area contributed by atoms with Gasteiger partial charge in [-0.05, 0) is 61.2 Å². The first-order valence-corrected chi connectivity index (χ1v) is 13.8. The summed E-state index contributed by atoms with van der Waals surface area (Å²) in [6.45, 7) is 12.2. The third kappa shape index (κ3) is 6.22. The smallest absolute Gasteiger partial charge is 0.410 e. The highest BCUT2D eigenvalue weighted by Gasteiger charge is 2.23. The van der Waals surface area contributed by atoms with Crippen molar-refractivity contribution < 1.29 is 14.3 Å². The maximum atomic E-state index is 13.0. The topological polar surface area (TPSA) is 95.3 Å². The zero-order valence-corrected chi connectivity index (χ0v) is 23.0. The number of hydrogen-bond acceptors (Lipinski definition) is 7. The van der Waals surface area contributed by atoms with E-state index in [9.17, 15) is 9.59 Å². The van der Waals surface area contributed by atoms with E-state index in [1.807, 2.05) is 54.4 Å². The van der Waals surface area contributed by atoms with Gasteiger partial charge in [-0.15, -0.1) is 5.10 Å². The molecule has 5 rings (SSSR count). The third-order valence-corrected chi connectivity index (χ3v) is 7.11. The summed E-state index contributed by atoms with van der Waals surface area (Å²) in [5.41, 5.74) is 4.38. The predicted molar refractivity (Wildman–Crippen MR) is 151 cm³/mol. The van der Waals surface area contributed by atoms with Gasteiger partial charge in [0.05, 0.1) is 6.61 Å². The maximum absolute atomic E-state index is 13.0. The highest BCUT2D eigenvalue weighted by atomic mass is 16.6. The lowest BCUT2D eigenvalue weighted by molar-refractivity contribution is 0.0623. The van der Waals surface area contributed by atoms with E-state index in [0.29, 0.717) is 37.1 Å². The number of piperazine rings is 1. The molecule has 39 heavy (non-hydrogen) atoms. The maximum Gasteiger partial charge on any atom is 0.410 e. The third-order valence-electron chi connectivity index (χ3n) is 7.11. The van der Waals surface area contributed by atoms with Crippen molar-refractivity contribution in [3.05, 3.63) is 59.8 Å². The normalized spacial score (nSPS) is 16.5. The summed E-state index contributed by atoms with van der Waals surface area (Å²) in [6, 6.07) is 11.5. The number of ether oxygens (including phenoxy) is 1. The molecule has 10 nitrogen and oxygen atoms in total. The number of carbonyl (C=O) groups excluding carboxylic acids is 2. The molecule has 1 aromatic carbocycles. The Labute approximate surface area is 229 Å². The number of benzene rings is 1. The highest BCUT2D eigenvalue weighted by molar-refractivity contribution is 5.94. The first-order chi connectivity index (χ1) is 18.9. The van der Waals surface area contributed by atoms with Crippen molar-refractivity contribution in [1.82, 2.24) is 29.3 Å². The molecule has 2 aliphatic heterocycles. The van der Waals surface area contributed by atoms with E-state index < -0.39 is 0 Å². The fraction of sp³-hybridized carbons (Fsp3) is 0.448. The number of nitrogens with zero attached hydrogens (tertiary/aromatic N) is 6. The van der Waals surface area contributed by atoms with Gasteiger partial charge in [-0.3, -0.25) is 9.69 Å². The second-order valence-corrected chi connectivity index (χ2v) is 10.4. The molecule has 0 bridgehead atoms. The van der Waals surface area contributed by atoms with Gasteiger partial charge < -0.3 is 19.9 Å². The molecule has 1 fully saturated rings. The molecular formula is C29H37N7O3. The van der Waals surface area contributed by atoms with Crippen molar-refractivity contribution in [2.24, 2.45) is 5.92 Å². The van der Waals surface area contributed by atoms with Gasteiger partial charge in [0.1, 0.15) is 0 Å². The lowest BCUT2D eigenvalue weighted by Gasteiger charge is -2.35. The number of rotatable bonds is 7. The van der Waals surface area contributed by atoms with Gasteiger partial charge in [-0.1, -0.05) is 19.9 Å². The van der Waals surface area contributed by atoms with Gasteiger partial charge in [0.25, 0.3) is 5.91 Å². The van der Waals surface area contributed by atoms with E-state index >= 15 is 0 Å². The van der Waals surface area contributed by atoms with Crippen molar-refractivity contribution in [2.75, 3.05) is 57.7 Å². The van der Waals surface area contributed by atoms with Crippen LogP contribution in [0.25, 0.3) is 11.2 Å². The number of carbonyl (C=O) groups is 2. The van der Waals surface area contributed by atoms with Crippen LogP contribution in [0.1, 0.15) is 43.1 Å². The Hall–Kier alpha value is -3.92. The predicted octanol–water partition coefficient (Wildman–Crippen LogP) is 4.13. The number of anilines is 2. The molecule has 4 heterocycles. The van der Waals surface area contributed by atoms with Crippen LogP contribution >= 0.6 is 0 Å². The molecule has 2 aromatic heterocycles. The van der Waals surface area contributed by atoms with Crippen LogP contribution in [0.15, 0.2) is 48.7 Å². The Balaban J connectivity index is 1.23. The van der Waals surface area contributed by atoms with Crippen LogP contribution in [0.3, 0.4) is 0 Å². The van der Waals surface area contributed by atoms with Gasteiger partial charge >= 0.3 is 6.09 Å². The molecular weight excluding hydrogens is 494 g/mol. The van der Waals surface area contributed by atoms with E-state index in [-0.39, 0.29) is 12.0 Å². The van der Waals surface area contributed by atoms with Crippen LogP contribution in [0.2, 0.25) is 0 Å². The summed E-state index contributed by atoms with van der Waals surface area (Å²) in [5, 5.41) is 7.86. The van der Waals surface area contributed by atoms with Crippen molar-refractivity contribution in [2.45, 2.75) is 27.2 Å². The number of nitrogens with one attached hydrogen (secondary N) is 1. The van der Waals surface area contributed by atoms with E-state index in [4.69, 9.17) is 9.72 Å². The van der Waals surface area contributed by atoms with Gasteiger partial charge in [-0.2, -0.15) is 4.98 Å². The molecule has 2 amide bonds. The number of fused-ring (bicyclic) bond motifs is 1. The largest absolute Gasteiger partial charge is 0.450 e. The Morgan fingerprint density at radius 1 is 1.03 bits per heavy atom. The summed E-state index contributed by atoms with van der Waals surface area (Å²) < 4.78 is 6.88. The molecule has 3 aromatic rings. The molecule has 0 radical (unpaired) electrons. The van der Waals surface area contributed by atoms with Crippen molar-refractivity contribution >= 4 is 34.9 Å². The molecule has 206 valence electrons. The van der Waals surface area contributed by atoms with Crippen molar-refractivity contribution in [1.29, 1.82) is 0 Å². The van der Waals surface area contributed by atoms with Crippen LogP contribution in [0.5, 0.6) is 0 Å². The van der Waals surface area contributed by atoms with Gasteiger partial charge in [0, 0.05) is 68.8 Å². The standard InChI is InChI=1S/C29H37N7O3/c1-4-39-29(38)35-14-11-22(12-15-35)25-6-5-13-36-26(25)31-28(32-36)30-24-9-7-23(8-10-24)27(37)34-18-16-33(17-19-34)20-21(2)3/h5-11,13,21H,4,12,14-20H2,1-3H3,(H,30,32). The number of aromatic nitrogens is 3. The lowest BCUT2D eigenvalue weighted by Crippen LogP contribution is -2.49. The zero-order valence-electron chi connectivity index (χ0n) is 23.0. The zero-order chi connectivity index (χ0) is 27.4. The SMILES string of the molecule is CCOC(=O)N1CC=C(c2cccn3nc(Nc4ccc(C(=O)N5CCN(CC(C)C)CC5)cc4)nc23)CC1. The molecule has 2 aliphatic rings. The fourth-order valence-corrected chi connectivity index (χ4v) is 5.16. The number of pyridine rings is 1. The second kappa shape index (κ2) is 11.9. The summed E-state index contributed by atoms with van der Waals surface area (Å²) in [4.78, 5) is 35.9. The summed E-state index contributed by atoms with van der Waals surface area (Å²) >= 11 is 0. The van der Waals surface area contributed by atoms with Crippen LogP contribution in [0, 0.1) is 5.92 Å². The Morgan fingerprint density at radius 3 is 2.46 bits per heavy atom. The molecule has 1 N–H and O–H groups in total. The minimum Gasteiger partial charge on any atom is -0.450 e.